The fourth-order valence-electron chi connectivity index (χ4n) is 0. The first-order valence-corrected chi connectivity index (χ1v) is 0.612. The molecule has 0 unspecified atom stereocenters. The maximum atomic E-state index is 8.33. The van der Waals surface area contributed by atoms with Crippen molar-refractivity contribution in [2.24, 2.45) is 0 Å². The van der Waals surface area contributed by atoms with Crippen LogP contribution in [0.5, 0.6) is 0 Å². The molecule has 0 spiro atoms. The molecule has 0 rings (SSSR count). The van der Waals surface area contributed by atoms with Gasteiger partial charge in [-0.15, -0.1) is 0 Å². The van der Waals surface area contributed by atoms with Crippen LogP contribution in [0, 0.1) is 0 Å². The maximum Gasteiger partial charge on any atom is 2.00 e. The zero-order valence-electron chi connectivity index (χ0n) is 3.53. The van der Waals surface area contributed by atoms with Gasteiger partial charge < -0.3 is 26.6 Å². The smallest absolute Gasteiger partial charge is 0.870 e. The Morgan fingerprint density at radius 3 is 1.29 bits per heavy atom. The van der Waals surface area contributed by atoms with Crippen molar-refractivity contribution in [1.29, 1.82) is 0 Å². The standard InChI is InChI=1S/CH2O3.Fe.H3N.H2O/c2-1(3)4;;;/h(H2,2,3,4);;1H3;1H2/q;+2;;/p-2. The number of hydrogen-bond acceptors (Lipinski definition) is 4. The molecule has 0 aliphatic rings. The van der Waals surface area contributed by atoms with Crippen LogP contribution < -0.4 is 16.4 Å². The fraction of sp³-hybridized carbons (Fsp3) is 0. The minimum Gasteiger partial charge on any atom is -0.870 e. The van der Waals surface area contributed by atoms with E-state index < -0.39 is 6.16 Å². The largest absolute Gasteiger partial charge is 2.00 e. The molecule has 0 amide bonds. The van der Waals surface area contributed by atoms with Crippen LogP contribution in [0.4, 0.5) is 4.79 Å². The summed E-state index contributed by atoms with van der Waals surface area (Å²) in [7, 11) is 0. The van der Waals surface area contributed by atoms with Gasteiger partial charge in [-0.2, -0.15) is 0 Å². The second-order valence-electron chi connectivity index (χ2n) is 0.250. The normalized spacial score (nSPS) is 3.43. The van der Waals surface area contributed by atoms with Crippen molar-refractivity contribution in [2.45, 2.75) is 0 Å². The molecule has 0 atom stereocenters. The summed E-state index contributed by atoms with van der Waals surface area (Å²) in [5.74, 6) is 0. The summed E-state index contributed by atoms with van der Waals surface area (Å²) in [6.07, 6.45) is -2.33. The zero-order valence-corrected chi connectivity index (χ0v) is 4.63. The van der Waals surface area contributed by atoms with E-state index in [9.17, 15) is 0 Å². The molecule has 0 aliphatic carbocycles. The molecule has 0 saturated heterocycles. The minimum atomic E-state index is -2.33. The van der Waals surface area contributed by atoms with Gasteiger partial charge in [0, 0.05) is 0 Å². The Morgan fingerprint density at radius 2 is 1.29 bits per heavy atom. The molecule has 5 nitrogen and oxygen atoms in total. The molecular formula is CH5FeNO4. The van der Waals surface area contributed by atoms with Crippen molar-refractivity contribution in [3.8, 4) is 0 Å². The quantitative estimate of drug-likeness (QED) is 0.391. The van der Waals surface area contributed by atoms with Crippen molar-refractivity contribution in [2.75, 3.05) is 0 Å². The number of carbonyl (C=O) groups is 1. The molecule has 7 heavy (non-hydrogen) atoms. The van der Waals surface area contributed by atoms with E-state index in [4.69, 9.17) is 15.0 Å². The van der Waals surface area contributed by atoms with Gasteiger partial charge in [0.1, 0.15) is 0 Å². The first-order valence-electron chi connectivity index (χ1n) is 0.612. The third-order valence-corrected chi connectivity index (χ3v) is 0. The topological polar surface area (TPSA) is 130 Å². The summed E-state index contributed by atoms with van der Waals surface area (Å²) in [4.78, 5) is 8.33. The zero-order chi connectivity index (χ0) is 3.58. The molecule has 6 heteroatoms. The van der Waals surface area contributed by atoms with Gasteiger partial charge in [-0.05, 0) is 6.16 Å². The molecule has 0 fully saturated rings. The summed E-state index contributed by atoms with van der Waals surface area (Å²) in [5, 5.41) is 16.7. The molecule has 0 aromatic rings. The van der Waals surface area contributed by atoms with E-state index in [1.54, 1.807) is 0 Å². The second kappa shape index (κ2) is 17.2. The molecule has 0 aromatic heterocycles. The predicted molar refractivity (Wildman–Crippen MR) is 13.3 cm³/mol. The van der Waals surface area contributed by atoms with Gasteiger partial charge in [-0.25, -0.2) is 0 Å². The summed E-state index contributed by atoms with van der Waals surface area (Å²) in [6, 6.07) is 0. The van der Waals surface area contributed by atoms with E-state index in [1.165, 1.54) is 0 Å². The number of rotatable bonds is 0. The Labute approximate surface area is 50.7 Å². The molecule has 0 radical (unpaired) electrons. The Morgan fingerprint density at radius 1 is 1.29 bits per heavy atom. The molecule has 46 valence electrons. The first-order chi connectivity index (χ1) is 1.73. The minimum absolute atomic E-state index is 0. The molecule has 0 aromatic carbocycles. The molecule has 0 heterocycles. The van der Waals surface area contributed by atoms with Gasteiger partial charge in [-0.1, -0.05) is 0 Å². The SMILES string of the molecule is O=C([O-])[O-].[Fe+2].[NH4+].[OH-]. The predicted octanol–water partition coefficient (Wildman–Crippen LogP) is -2.25. The van der Waals surface area contributed by atoms with Crippen molar-refractivity contribution in [3.63, 3.8) is 0 Å². The van der Waals surface area contributed by atoms with Crippen LogP contribution in [-0.4, -0.2) is 11.6 Å². The van der Waals surface area contributed by atoms with Gasteiger partial charge in [-0.3, -0.25) is 0 Å². The van der Waals surface area contributed by atoms with Crippen LogP contribution in [-0.2, 0) is 17.1 Å². The maximum absolute atomic E-state index is 8.33. The molecule has 0 bridgehead atoms. The van der Waals surface area contributed by atoms with Crippen LogP contribution >= 0.6 is 0 Å². The fourth-order valence-corrected chi connectivity index (χ4v) is 0. The second-order valence-corrected chi connectivity index (χ2v) is 0.250. The van der Waals surface area contributed by atoms with Crippen molar-refractivity contribution in [3.05, 3.63) is 0 Å². The Hall–Kier alpha value is -0.291. The summed E-state index contributed by atoms with van der Waals surface area (Å²) in [5.41, 5.74) is 0. The van der Waals surface area contributed by atoms with E-state index in [0.29, 0.717) is 0 Å². The van der Waals surface area contributed by atoms with Gasteiger partial charge in [0.2, 0.25) is 0 Å². The number of carboxylic acid groups (broad SMARTS) is 2. The van der Waals surface area contributed by atoms with Gasteiger partial charge >= 0.3 is 17.1 Å². The van der Waals surface area contributed by atoms with Crippen LogP contribution in [0.15, 0.2) is 0 Å². The summed E-state index contributed by atoms with van der Waals surface area (Å²) in [6.45, 7) is 0. The third-order valence-electron chi connectivity index (χ3n) is 0. The first kappa shape index (κ1) is 29.8. The van der Waals surface area contributed by atoms with E-state index in [2.05, 4.69) is 0 Å². The Balaban J connectivity index is -0.0000000150. The number of hydrogen-bond donors (Lipinski definition) is 1. The Kier molecular flexibility index (Phi) is 73.4. The molecule has 5 N–H and O–H groups in total. The van der Waals surface area contributed by atoms with Gasteiger partial charge in [0.05, 0.1) is 0 Å². The van der Waals surface area contributed by atoms with Crippen molar-refractivity contribution < 1.29 is 37.6 Å². The Bertz CT molecular complexity index is 34.7. The van der Waals surface area contributed by atoms with E-state index in [1.807, 2.05) is 0 Å². The van der Waals surface area contributed by atoms with E-state index in [0.717, 1.165) is 0 Å². The van der Waals surface area contributed by atoms with Gasteiger partial charge in [0.25, 0.3) is 0 Å². The average molecular weight is 151 g/mol. The van der Waals surface area contributed by atoms with Crippen LogP contribution in [0.25, 0.3) is 0 Å². The summed E-state index contributed by atoms with van der Waals surface area (Å²) < 4.78 is 0. The van der Waals surface area contributed by atoms with E-state index in [-0.39, 0.29) is 28.7 Å². The third kappa shape index (κ3) is 931. The van der Waals surface area contributed by atoms with Crippen LogP contribution in [0.3, 0.4) is 0 Å². The summed E-state index contributed by atoms with van der Waals surface area (Å²) >= 11 is 0. The molecule has 0 saturated carbocycles. The van der Waals surface area contributed by atoms with Crippen LogP contribution in [0.2, 0.25) is 0 Å². The number of carbonyl (C=O) groups excluding carboxylic acids is 1. The average Bonchev–Trinajstić information content (AvgIpc) is 0.811. The van der Waals surface area contributed by atoms with Crippen LogP contribution in [0.1, 0.15) is 0 Å². The monoisotopic (exact) mass is 151 g/mol. The number of quaternary nitrogens is 1. The molecular weight excluding hydrogens is 146 g/mol. The van der Waals surface area contributed by atoms with Crippen molar-refractivity contribution >= 4 is 6.16 Å². The van der Waals surface area contributed by atoms with Gasteiger partial charge in [0.15, 0.2) is 0 Å². The van der Waals surface area contributed by atoms with E-state index >= 15 is 0 Å². The van der Waals surface area contributed by atoms with Crippen molar-refractivity contribution in [1.82, 2.24) is 6.15 Å². The molecule has 0 aliphatic heterocycles.